The first-order chi connectivity index (χ1) is 7.17. The van der Waals surface area contributed by atoms with E-state index in [4.69, 9.17) is 0 Å². The zero-order chi connectivity index (χ0) is 11.3. The average molecular weight is 210 g/mol. The van der Waals surface area contributed by atoms with Crippen molar-refractivity contribution in [3.8, 4) is 0 Å². The Morgan fingerprint density at radius 2 is 2.40 bits per heavy atom. The molecular formula is C10H18N4O. The highest BCUT2D eigenvalue weighted by Crippen LogP contribution is 2.02. The molecule has 0 aromatic carbocycles. The van der Waals surface area contributed by atoms with Crippen LogP contribution in [-0.2, 0) is 18.4 Å². The van der Waals surface area contributed by atoms with Crippen molar-refractivity contribution in [2.75, 3.05) is 20.1 Å². The lowest BCUT2D eigenvalue weighted by Crippen LogP contribution is -2.36. The van der Waals surface area contributed by atoms with Crippen LogP contribution in [0, 0.1) is 0 Å². The number of aromatic nitrogens is 2. The number of carbonyl (C=O) groups is 1. The molecule has 0 fully saturated rings. The fourth-order valence-corrected chi connectivity index (χ4v) is 1.41. The van der Waals surface area contributed by atoms with Crippen molar-refractivity contribution < 1.29 is 4.79 Å². The zero-order valence-electron chi connectivity index (χ0n) is 9.53. The van der Waals surface area contributed by atoms with E-state index in [1.807, 2.05) is 20.2 Å². The summed E-state index contributed by atoms with van der Waals surface area (Å²) >= 11 is 0. The number of likely N-dealkylation sites (N-methyl/N-ethyl adjacent to an activating group) is 2. The first kappa shape index (κ1) is 11.7. The number of hydrogen-bond donors (Lipinski definition) is 1. The molecule has 0 aliphatic carbocycles. The summed E-state index contributed by atoms with van der Waals surface area (Å²) in [7, 11) is 3.64. The van der Waals surface area contributed by atoms with E-state index in [0.717, 1.165) is 12.1 Å². The highest BCUT2D eigenvalue weighted by atomic mass is 16.2. The van der Waals surface area contributed by atoms with Gasteiger partial charge in [-0.25, -0.2) is 0 Å². The number of amides is 1. The summed E-state index contributed by atoms with van der Waals surface area (Å²) in [6.07, 6.45) is 3.71. The summed E-state index contributed by atoms with van der Waals surface area (Å²) in [5.41, 5.74) is 1.06. The predicted molar refractivity (Wildman–Crippen MR) is 58.2 cm³/mol. The minimum atomic E-state index is 0.115. The lowest BCUT2D eigenvalue weighted by Gasteiger charge is -2.19. The third-order valence-electron chi connectivity index (χ3n) is 2.19. The Labute approximate surface area is 90.1 Å². The van der Waals surface area contributed by atoms with Gasteiger partial charge in [0.2, 0.25) is 5.91 Å². The van der Waals surface area contributed by atoms with Gasteiger partial charge in [-0.15, -0.1) is 0 Å². The first-order valence-corrected chi connectivity index (χ1v) is 5.07. The highest BCUT2D eigenvalue weighted by Gasteiger charge is 2.11. The van der Waals surface area contributed by atoms with Crippen molar-refractivity contribution in [2.45, 2.75) is 13.5 Å². The van der Waals surface area contributed by atoms with Crippen molar-refractivity contribution in [3.05, 3.63) is 18.0 Å². The number of carbonyl (C=O) groups excluding carboxylic acids is 1. The lowest BCUT2D eigenvalue weighted by atomic mass is 10.3. The second kappa shape index (κ2) is 5.50. The number of hydrogen-bond acceptors (Lipinski definition) is 3. The largest absolute Gasteiger partial charge is 0.337 e. The van der Waals surface area contributed by atoms with Crippen molar-refractivity contribution in [1.29, 1.82) is 0 Å². The van der Waals surface area contributed by atoms with Crippen LogP contribution in [0.15, 0.2) is 12.4 Å². The van der Waals surface area contributed by atoms with Gasteiger partial charge < -0.3 is 10.2 Å². The number of rotatable bonds is 5. The summed E-state index contributed by atoms with van der Waals surface area (Å²) in [5.74, 6) is 0.115. The molecule has 1 rings (SSSR count). The summed E-state index contributed by atoms with van der Waals surface area (Å²) in [4.78, 5) is 13.4. The predicted octanol–water partition coefficient (Wildman–Crippen LogP) is -0.0120. The van der Waals surface area contributed by atoms with E-state index < -0.39 is 0 Å². The molecule has 0 atom stereocenters. The molecule has 1 aromatic rings. The molecule has 84 valence electrons. The number of nitrogens with one attached hydrogen (secondary N) is 1. The van der Waals surface area contributed by atoms with Gasteiger partial charge in [-0.1, -0.05) is 0 Å². The molecular weight excluding hydrogens is 192 g/mol. The van der Waals surface area contributed by atoms with Crippen molar-refractivity contribution in [3.63, 3.8) is 0 Å². The van der Waals surface area contributed by atoms with Gasteiger partial charge in [0.05, 0.1) is 12.7 Å². The number of aryl methyl sites for hydroxylation is 1. The molecule has 0 saturated carbocycles. The van der Waals surface area contributed by atoms with Crippen LogP contribution in [0.25, 0.3) is 0 Å². The molecule has 0 spiro atoms. The Hall–Kier alpha value is -1.36. The van der Waals surface area contributed by atoms with Gasteiger partial charge >= 0.3 is 0 Å². The van der Waals surface area contributed by atoms with E-state index in [-0.39, 0.29) is 5.91 Å². The van der Waals surface area contributed by atoms with Crippen molar-refractivity contribution >= 4 is 5.91 Å². The van der Waals surface area contributed by atoms with Crippen molar-refractivity contribution in [1.82, 2.24) is 20.0 Å². The summed E-state index contributed by atoms with van der Waals surface area (Å²) < 4.78 is 1.74. The molecule has 0 bridgehead atoms. The Kier molecular flexibility index (Phi) is 4.30. The molecule has 0 aliphatic heterocycles. The fraction of sp³-hybridized carbons (Fsp3) is 0.600. The SMILES string of the molecule is CCN(Cc1cnn(C)c1)C(=O)CNC. The van der Waals surface area contributed by atoms with Gasteiger partial charge in [-0.3, -0.25) is 9.48 Å². The van der Waals surface area contributed by atoms with E-state index >= 15 is 0 Å². The van der Waals surface area contributed by atoms with Crippen LogP contribution in [0.2, 0.25) is 0 Å². The molecule has 0 radical (unpaired) electrons. The fourth-order valence-electron chi connectivity index (χ4n) is 1.41. The maximum Gasteiger partial charge on any atom is 0.236 e. The van der Waals surface area contributed by atoms with Crippen molar-refractivity contribution in [2.24, 2.45) is 7.05 Å². The summed E-state index contributed by atoms with van der Waals surface area (Å²) in [6.45, 7) is 3.71. The van der Waals surface area contributed by atoms with Gasteiger partial charge in [0.15, 0.2) is 0 Å². The van der Waals surface area contributed by atoms with Gasteiger partial charge in [-0.2, -0.15) is 5.10 Å². The van der Waals surface area contributed by atoms with Crippen LogP contribution in [-0.4, -0.2) is 40.7 Å². The maximum atomic E-state index is 11.6. The average Bonchev–Trinajstić information content (AvgIpc) is 2.61. The smallest absolute Gasteiger partial charge is 0.236 e. The summed E-state index contributed by atoms with van der Waals surface area (Å²) in [6, 6.07) is 0. The second-order valence-corrected chi connectivity index (χ2v) is 3.46. The second-order valence-electron chi connectivity index (χ2n) is 3.46. The zero-order valence-corrected chi connectivity index (χ0v) is 9.53. The van der Waals surface area contributed by atoms with Crippen LogP contribution in [0.1, 0.15) is 12.5 Å². The number of nitrogens with zero attached hydrogens (tertiary/aromatic N) is 3. The van der Waals surface area contributed by atoms with Gasteiger partial charge in [-0.05, 0) is 14.0 Å². The Bertz CT molecular complexity index is 321. The summed E-state index contributed by atoms with van der Waals surface area (Å²) in [5, 5.41) is 6.93. The van der Waals surface area contributed by atoms with Gasteiger partial charge in [0.25, 0.3) is 0 Å². The Morgan fingerprint density at radius 3 is 2.87 bits per heavy atom. The minimum absolute atomic E-state index is 0.115. The molecule has 5 heteroatoms. The molecule has 5 nitrogen and oxygen atoms in total. The molecule has 0 aliphatic rings. The third-order valence-corrected chi connectivity index (χ3v) is 2.19. The van der Waals surface area contributed by atoms with Gasteiger partial charge in [0, 0.05) is 31.9 Å². The van der Waals surface area contributed by atoms with E-state index in [1.165, 1.54) is 0 Å². The quantitative estimate of drug-likeness (QED) is 0.743. The topological polar surface area (TPSA) is 50.2 Å². The molecule has 1 N–H and O–H groups in total. The molecule has 0 unspecified atom stereocenters. The van der Waals surface area contributed by atoms with E-state index in [9.17, 15) is 4.79 Å². The standard InChI is InChI=1S/C10H18N4O/c1-4-14(10(15)6-11-2)8-9-5-12-13(3)7-9/h5,7,11H,4,6,8H2,1-3H3. The minimum Gasteiger partial charge on any atom is -0.337 e. The van der Waals surface area contributed by atoms with E-state index in [1.54, 1.807) is 22.8 Å². The van der Waals surface area contributed by atoms with Gasteiger partial charge in [0.1, 0.15) is 0 Å². The lowest BCUT2D eigenvalue weighted by molar-refractivity contribution is -0.130. The molecule has 1 amide bonds. The van der Waals surface area contributed by atoms with Crippen LogP contribution in [0.3, 0.4) is 0 Å². The first-order valence-electron chi connectivity index (χ1n) is 5.07. The monoisotopic (exact) mass is 210 g/mol. The molecule has 15 heavy (non-hydrogen) atoms. The van der Waals surface area contributed by atoms with E-state index in [0.29, 0.717) is 13.1 Å². The Morgan fingerprint density at radius 1 is 1.67 bits per heavy atom. The van der Waals surface area contributed by atoms with Crippen LogP contribution in [0.5, 0.6) is 0 Å². The highest BCUT2D eigenvalue weighted by molar-refractivity contribution is 5.78. The molecule has 1 aromatic heterocycles. The Balaban J connectivity index is 2.57. The molecule has 1 heterocycles. The maximum absolute atomic E-state index is 11.6. The van der Waals surface area contributed by atoms with Crippen LogP contribution >= 0.6 is 0 Å². The third kappa shape index (κ3) is 3.36. The van der Waals surface area contributed by atoms with E-state index in [2.05, 4.69) is 10.4 Å². The van der Waals surface area contributed by atoms with Crippen LogP contribution in [0.4, 0.5) is 0 Å². The normalized spacial score (nSPS) is 10.3. The molecule has 0 saturated heterocycles. The van der Waals surface area contributed by atoms with Crippen LogP contribution < -0.4 is 5.32 Å².